The molecule has 0 unspecified atom stereocenters. The molecule has 0 saturated carbocycles. The number of hydrogen-bond acceptors (Lipinski definition) is 4. The Hall–Kier alpha value is -3.15. The summed E-state index contributed by atoms with van der Waals surface area (Å²) in [5.41, 5.74) is 6.34. The third-order valence-corrected chi connectivity index (χ3v) is 3.62. The molecule has 2 rings (SSSR count). The Kier molecular flexibility index (Phi) is 6.28. The van der Waals surface area contributed by atoms with E-state index >= 15 is 0 Å². The first-order valence-electron chi connectivity index (χ1n) is 7.87. The van der Waals surface area contributed by atoms with Gasteiger partial charge in [-0.15, -0.1) is 0 Å². The van der Waals surface area contributed by atoms with Crippen molar-refractivity contribution in [1.82, 2.24) is 5.32 Å². The molecule has 0 heterocycles. The summed E-state index contributed by atoms with van der Waals surface area (Å²) in [5, 5.41) is 2.83. The molecule has 3 N–H and O–H groups in total. The molecular weight excluding hydrogens is 320 g/mol. The van der Waals surface area contributed by atoms with Gasteiger partial charge in [-0.1, -0.05) is 48.5 Å². The number of amides is 2. The number of nitrogens with one attached hydrogen (secondary N) is 1. The van der Waals surface area contributed by atoms with Crippen LogP contribution < -0.4 is 11.1 Å². The largest absolute Gasteiger partial charge is 0.452 e. The van der Waals surface area contributed by atoms with Gasteiger partial charge in [0.15, 0.2) is 6.10 Å². The summed E-state index contributed by atoms with van der Waals surface area (Å²) < 4.78 is 4.99. The fourth-order valence-electron chi connectivity index (χ4n) is 2.24. The Morgan fingerprint density at radius 3 is 2.12 bits per heavy atom. The smallest absolute Gasteiger partial charge is 0.309 e. The van der Waals surface area contributed by atoms with Crippen LogP contribution in [0.15, 0.2) is 60.7 Å². The molecule has 6 nitrogen and oxygen atoms in total. The van der Waals surface area contributed by atoms with Crippen LogP contribution in [0.1, 0.15) is 35.3 Å². The summed E-state index contributed by atoms with van der Waals surface area (Å²) >= 11 is 0. The van der Waals surface area contributed by atoms with Crippen molar-refractivity contribution >= 4 is 17.8 Å². The van der Waals surface area contributed by atoms with Crippen molar-refractivity contribution in [2.75, 3.05) is 0 Å². The number of hydrogen-bond donors (Lipinski definition) is 2. The van der Waals surface area contributed by atoms with E-state index in [0.717, 1.165) is 5.56 Å². The molecule has 2 atom stereocenters. The fraction of sp³-hybridized carbons (Fsp3) is 0.211. The first-order chi connectivity index (χ1) is 12.0. The number of primary amides is 1. The van der Waals surface area contributed by atoms with E-state index in [1.807, 2.05) is 24.3 Å². The number of esters is 1. The van der Waals surface area contributed by atoms with E-state index in [4.69, 9.17) is 10.5 Å². The summed E-state index contributed by atoms with van der Waals surface area (Å²) in [6.45, 7) is 1.40. The lowest BCUT2D eigenvalue weighted by Gasteiger charge is -2.19. The van der Waals surface area contributed by atoms with Crippen LogP contribution in [0.4, 0.5) is 0 Å². The summed E-state index contributed by atoms with van der Waals surface area (Å²) in [5.74, 6) is -1.64. The van der Waals surface area contributed by atoms with E-state index < -0.39 is 24.0 Å². The topological polar surface area (TPSA) is 98.5 Å². The third kappa shape index (κ3) is 5.46. The SMILES string of the molecule is C[C@H](OC(=O)C[C@@H](NC(=O)c1ccccc1)c1ccccc1)C(N)=O. The van der Waals surface area contributed by atoms with Crippen LogP contribution in [-0.2, 0) is 14.3 Å². The van der Waals surface area contributed by atoms with Crippen LogP contribution in [0.3, 0.4) is 0 Å². The molecule has 0 fully saturated rings. The third-order valence-electron chi connectivity index (χ3n) is 3.62. The lowest BCUT2D eigenvalue weighted by atomic mass is 10.0. The molecule has 0 aliphatic carbocycles. The van der Waals surface area contributed by atoms with Crippen molar-refractivity contribution in [2.24, 2.45) is 5.73 Å². The Morgan fingerprint density at radius 1 is 1.00 bits per heavy atom. The highest BCUT2D eigenvalue weighted by atomic mass is 16.5. The molecule has 0 aromatic heterocycles. The predicted octanol–water partition coefficient (Wildman–Crippen LogP) is 1.96. The second-order valence-electron chi connectivity index (χ2n) is 5.54. The molecule has 0 radical (unpaired) electrons. The summed E-state index contributed by atoms with van der Waals surface area (Å²) in [6.07, 6.45) is -1.13. The van der Waals surface area contributed by atoms with Gasteiger partial charge in [-0.2, -0.15) is 0 Å². The van der Waals surface area contributed by atoms with E-state index in [1.165, 1.54) is 6.92 Å². The van der Waals surface area contributed by atoms with Crippen LogP contribution in [-0.4, -0.2) is 23.9 Å². The maximum atomic E-state index is 12.4. The van der Waals surface area contributed by atoms with Gasteiger partial charge >= 0.3 is 5.97 Å². The van der Waals surface area contributed by atoms with Crippen molar-refractivity contribution in [1.29, 1.82) is 0 Å². The number of nitrogens with two attached hydrogens (primary N) is 1. The predicted molar refractivity (Wildman–Crippen MR) is 92.5 cm³/mol. The maximum Gasteiger partial charge on any atom is 0.309 e. The lowest BCUT2D eigenvalue weighted by Crippen LogP contribution is -2.34. The quantitative estimate of drug-likeness (QED) is 0.753. The molecule has 0 saturated heterocycles. The van der Waals surface area contributed by atoms with Crippen LogP contribution in [0.25, 0.3) is 0 Å². The number of carbonyl (C=O) groups is 3. The summed E-state index contributed by atoms with van der Waals surface area (Å²) in [7, 11) is 0. The Balaban J connectivity index is 2.12. The number of ether oxygens (including phenoxy) is 1. The first-order valence-corrected chi connectivity index (χ1v) is 7.87. The zero-order valence-electron chi connectivity index (χ0n) is 13.8. The maximum absolute atomic E-state index is 12.4. The second-order valence-corrected chi connectivity index (χ2v) is 5.54. The second kappa shape index (κ2) is 8.63. The van der Waals surface area contributed by atoms with Gasteiger partial charge in [-0.25, -0.2) is 0 Å². The van der Waals surface area contributed by atoms with Gasteiger partial charge < -0.3 is 15.8 Å². The van der Waals surface area contributed by atoms with Crippen LogP contribution in [0, 0.1) is 0 Å². The van der Waals surface area contributed by atoms with E-state index in [0.29, 0.717) is 5.56 Å². The minimum absolute atomic E-state index is 0.111. The van der Waals surface area contributed by atoms with E-state index in [2.05, 4.69) is 5.32 Å². The molecule has 130 valence electrons. The summed E-state index contributed by atoms with van der Waals surface area (Å²) in [6, 6.07) is 17.2. The number of benzene rings is 2. The Labute approximate surface area is 146 Å². The number of rotatable bonds is 7. The van der Waals surface area contributed by atoms with Gasteiger partial charge in [0.25, 0.3) is 11.8 Å². The zero-order chi connectivity index (χ0) is 18.2. The van der Waals surface area contributed by atoms with E-state index in [-0.39, 0.29) is 12.3 Å². The average Bonchev–Trinajstić information content (AvgIpc) is 2.62. The molecule has 0 aliphatic heterocycles. The van der Waals surface area contributed by atoms with Crippen molar-refractivity contribution in [2.45, 2.75) is 25.5 Å². The van der Waals surface area contributed by atoms with Gasteiger partial charge in [0.2, 0.25) is 0 Å². The van der Waals surface area contributed by atoms with Crippen LogP contribution in [0.5, 0.6) is 0 Å². The highest BCUT2D eigenvalue weighted by Gasteiger charge is 2.22. The average molecular weight is 340 g/mol. The van der Waals surface area contributed by atoms with Crippen molar-refractivity contribution < 1.29 is 19.1 Å². The normalized spacial score (nSPS) is 12.7. The molecule has 0 bridgehead atoms. The highest BCUT2D eigenvalue weighted by Crippen LogP contribution is 2.18. The highest BCUT2D eigenvalue weighted by molar-refractivity contribution is 5.94. The first kappa shape index (κ1) is 18.2. The van der Waals surface area contributed by atoms with Crippen LogP contribution in [0.2, 0.25) is 0 Å². The Bertz CT molecular complexity index is 732. The van der Waals surface area contributed by atoms with Gasteiger partial charge in [-0.3, -0.25) is 14.4 Å². The van der Waals surface area contributed by atoms with Gasteiger partial charge in [-0.05, 0) is 24.6 Å². The fourth-order valence-corrected chi connectivity index (χ4v) is 2.24. The minimum Gasteiger partial charge on any atom is -0.452 e. The standard InChI is InChI=1S/C19H20N2O4/c1-13(18(20)23)25-17(22)12-16(14-8-4-2-5-9-14)21-19(24)15-10-6-3-7-11-15/h2-11,13,16H,12H2,1H3,(H2,20,23)(H,21,24)/t13-,16+/m0/s1. The zero-order valence-corrected chi connectivity index (χ0v) is 13.8. The lowest BCUT2D eigenvalue weighted by molar-refractivity contribution is -0.154. The number of carbonyl (C=O) groups excluding carboxylic acids is 3. The van der Waals surface area contributed by atoms with E-state index in [9.17, 15) is 14.4 Å². The van der Waals surface area contributed by atoms with Gasteiger partial charge in [0, 0.05) is 5.56 Å². The molecule has 2 aromatic carbocycles. The summed E-state index contributed by atoms with van der Waals surface area (Å²) in [4.78, 5) is 35.5. The van der Waals surface area contributed by atoms with Gasteiger partial charge in [0.05, 0.1) is 12.5 Å². The molecule has 2 aromatic rings. The van der Waals surface area contributed by atoms with Crippen molar-refractivity contribution in [3.05, 3.63) is 71.8 Å². The monoisotopic (exact) mass is 340 g/mol. The van der Waals surface area contributed by atoms with E-state index in [1.54, 1.807) is 36.4 Å². The van der Waals surface area contributed by atoms with Crippen LogP contribution >= 0.6 is 0 Å². The van der Waals surface area contributed by atoms with Crippen molar-refractivity contribution in [3.8, 4) is 0 Å². The molecule has 25 heavy (non-hydrogen) atoms. The molecule has 6 heteroatoms. The molecule has 0 spiro atoms. The molecule has 0 aliphatic rings. The Morgan fingerprint density at radius 2 is 1.56 bits per heavy atom. The van der Waals surface area contributed by atoms with Gasteiger partial charge in [0.1, 0.15) is 0 Å². The molecule has 2 amide bonds. The molecular formula is C19H20N2O4. The minimum atomic E-state index is -1.02. The van der Waals surface area contributed by atoms with Crippen molar-refractivity contribution in [3.63, 3.8) is 0 Å².